The summed E-state index contributed by atoms with van der Waals surface area (Å²) in [5, 5.41) is 5.46. The normalized spacial score (nSPS) is 11.0. The van der Waals surface area contributed by atoms with Crippen LogP contribution in [0, 0.1) is 0 Å². The number of amides is 1. The number of nitrogens with zero attached hydrogens (tertiary/aromatic N) is 2. The zero-order valence-electron chi connectivity index (χ0n) is 21.9. The number of carbonyl (C=O) groups excluding carboxylic acids is 1. The summed E-state index contributed by atoms with van der Waals surface area (Å²) in [6.45, 7) is 1.24. The summed E-state index contributed by atoms with van der Waals surface area (Å²) in [6, 6.07) is 26.5. The molecule has 0 aliphatic carbocycles. The molecule has 5 rings (SSSR count). The Morgan fingerprint density at radius 2 is 1.55 bits per heavy atom. The van der Waals surface area contributed by atoms with Gasteiger partial charge in [0.05, 0.1) is 32.4 Å². The number of fused-ring (bicyclic) bond motifs is 2. The number of aryl methyl sites for hydroxylation is 1. The highest BCUT2D eigenvalue weighted by atomic mass is 16.5. The molecule has 0 radical (unpaired) electrons. The molecule has 0 atom stereocenters. The lowest BCUT2D eigenvalue weighted by molar-refractivity contribution is 0.0952. The molecule has 0 aliphatic heterocycles. The van der Waals surface area contributed by atoms with E-state index in [0.29, 0.717) is 29.4 Å². The minimum Gasteiger partial charge on any atom is -0.493 e. The van der Waals surface area contributed by atoms with Gasteiger partial charge in [-0.05, 0) is 53.1 Å². The maximum atomic E-state index is 12.9. The predicted molar refractivity (Wildman–Crippen MR) is 150 cm³/mol. The Bertz CT molecular complexity index is 1570. The van der Waals surface area contributed by atoms with Crippen molar-refractivity contribution in [1.29, 1.82) is 0 Å². The molecule has 4 aromatic carbocycles. The van der Waals surface area contributed by atoms with E-state index < -0.39 is 0 Å². The van der Waals surface area contributed by atoms with Crippen LogP contribution in [0.3, 0.4) is 0 Å². The monoisotopic (exact) mass is 509 g/mol. The first kappa shape index (κ1) is 25.1. The van der Waals surface area contributed by atoms with Crippen LogP contribution < -0.4 is 19.5 Å². The van der Waals surface area contributed by atoms with Gasteiger partial charge < -0.3 is 24.1 Å². The predicted octanol–water partition coefficient (Wildman–Crippen LogP) is 5.63. The smallest absolute Gasteiger partial charge is 0.251 e. The van der Waals surface area contributed by atoms with Crippen LogP contribution in [0.2, 0.25) is 0 Å². The van der Waals surface area contributed by atoms with Gasteiger partial charge in [0, 0.05) is 25.1 Å². The first-order valence-electron chi connectivity index (χ1n) is 12.6. The van der Waals surface area contributed by atoms with Crippen molar-refractivity contribution in [1.82, 2.24) is 14.9 Å². The van der Waals surface area contributed by atoms with Crippen LogP contribution in [0.4, 0.5) is 0 Å². The second-order valence-electron chi connectivity index (χ2n) is 9.06. The van der Waals surface area contributed by atoms with Gasteiger partial charge in [-0.1, -0.05) is 48.5 Å². The largest absolute Gasteiger partial charge is 0.493 e. The summed E-state index contributed by atoms with van der Waals surface area (Å²) in [6.07, 6.45) is 1.48. The van der Waals surface area contributed by atoms with E-state index in [2.05, 4.69) is 58.4 Å². The summed E-state index contributed by atoms with van der Waals surface area (Å²) < 4.78 is 18.4. The number of nitrogens with one attached hydrogen (secondary N) is 1. The molecule has 0 saturated heterocycles. The van der Waals surface area contributed by atoms with Crippen LogP contribution in [0.15, 0.2) is 78.9 Å². The standard InChI is InChI=1S/C31H31N3O4/c1-36-27-18-24(19-28(37-2)30(27)38-3)31(35)32-16-8-13-29-33-25-11-6-7-12-26(25)34(29)20-21-14-15-22-9-4-5-10-23(22)17-21/h4-7,9-12,14-15,17-19H,8,13,16,20H2,1-3H3,(H,32,35). The molecule has 0 spiro atoms. The van der Waals surface area contributed by atoms with E-state index >= 15 is 0 Å². The highest BCUT2D eigenvalue weighted by molar-refractivity contribution is 5.95. The van der Waals surface area contributed by atoms with Crippen molar-refractivity contribution in [2.75, 3.05) is 27.9 Å². The average Bonchev–Trinajstić information content (AvgIpc) is 3.31. The molecule has 7 heteroatoms. The number of carbonyl (C=O) groups is 1. The van der Waals surface area contributed by atoms with Crippen molar-refractivity contribution in [3.63, 3.8) is 0 Å². The second kappa shape index (κ2) is 11.3. The summed E-state index contributed by atoms with van der Waals surface area (Å²) in [5.74, 6) is 2.14. The zero-order valence-corrected chi connectivity index (χ0v) is 21.9. The Kier molecular flexibility index (Phi) is 7.45. The lowest BCUT2D eigenvalue weighted by atomic mass is 10.1. The third kappa shape index (κ3) is 5.13. The number of hydrogen-bond acceptors (Lipinski definition) is 5. The van der Waals surface area contributed by atoms with Crippen LogP contribution in [-0.2, 0) is 13.0 Å². The van der Waals surface area contributed by atoms with Crippen LogP contribution in [-0.4, -0.2) is 43.3 Å². The number of para-hydroxylation sites is 2. The van der Waals surface area contributed by atoms with Gasteiger partial charge in [-0.3, -0.25) is 4.79 Å². The highest BCUT2D eigenvalue weighted by Crippen LogP contribution is 2.38. The van der Waals surface area contributed by atoms with E-state index in [0.717, 1.165) is 36.2 Å². The summed E-state index contributed by atoms with van der Waals surface area (Å²) in [7, 11) is 4.60. The lowest BCUT2D eigenvalue weighted by Gasteiger charge is -2.14. The molecular weight excluding hydrogens is 478 g/mol. The van der Waals surface area contributed by atoms with E-state index in [4.69, 9.17) is 19.2 Å². The van der Waals surface area contributed by atoms with Crippen molar-refractivity contribution in [2.45, 2.75) is 19.4 Å². The Balaban J connectivity index is 1.29. The number of methoxy groups -OCH3 is 3. The molecule has 1 heterocycles. The van der Waals surface area contributed by atoms with Crippen LogP contribution in [0.5, 0.6) is 17.2 Å². The summed E-state index contributed by atoms with van der Waals surface area (Å²) in [5.41, 5.74) is 3.76. The number of rotatable bonds is 10. The number of benzene rings is 4. The van der Waals surface area contributed by atoms with Gasteiger partial charge in [-0.2, -0.15) is 0 Å². The van der Waals surface area contributed by atoms with Gasteiger partial charge >= 0.3 is 0 Å². The van der Waals surface area contributed by atoms with Gasteiger partial charge in [0.25, 0.3) is 5.91 Å². The van der Waals surface area contributed by atoms with Crippen LogP contribution in [0.1, 0.15) is 28.2 Å². The maximum absolute atomic E-state index is 12.9. The number of aromatic nitrogens is 2. The third-order valence-electron chi connectivity index (χ3n) is 6.68. The number of hydrogen-bond donors (Lipinski definition) is 1. The summed E-state index contributed by atoms with van der Waals surface area (Å²) >= 11 is 0. The van der Waals surface area contributed by atoms with Gasteiger partial charge in [-0.25, -0.2) is 4.98 Å². The Labute approximate surface area is 222 Å². The molecule has 7 nitrogen and oxygen atoms in total. The second-order valence-corrected chi connectivity index (χ2v) is 9.06. The van der Waals surface area contributed by atoms with Crippen LogP contribution in [0.25, 0.3) is 21.8 Å². The molecule has 0 aliphatic rings. The first-order chi connectivity index (χ1) is 18.6. The molecule has 0 saturated carbocycles. The average molecular weight is 510 g/mol. The number of imidazole rings is 1. The minimum absolute atomic E-state index is 0.200. The Morgan fingerprint density at radius 3 is 2.29 bits per heavy atom. The molecule has 1 amide bonds. The van der Waals surface area contributed by atoms with E-state index in [1.54, 1.807) is 12.1 Å². The minimum atomic E-state index is -0.200. The molecule has 0 unspecified atom stereocenters. The van der Waals surface area contributed by atoms with E-state index in [1.165, 1.54) is 37.7 Å². The first-order valence-corrected chi connectivity index (χ1v) is 12.6. The quantitative estimate of drug-likeness (QED) is 0.247. The molecule has 38 heavy (non-hydrogen) atoms. The van der Waals surface area contributed by atoms with Crippen molar-refractivity contribution in [3.05, 3.63) is 95.8 Å². The van der Waals surface area contributed by atoms with Crippen molar-refractivity contribution in [3.8, 4) is 17.2 Å². The Morgan fingerprint density at radius 1 is 0.842 bits per heavy atom. The maximum Gasteiger partial charge on any atom is 0.251 e. The number of ether oxygens (including phenoxy) is 3. The molecular formula is C31H31N3O4. The fourth-order valence-electron chi connectivity index (χ4n) is 4.78. The van der Waals surface area contributed by atoms with Crippen LogP contribution >= 0.6 is 0 Å². The van der Waals surface area contributed by atoms with Gasteiger partial charge in [0.2, 0.25) is 5.75 Å². The third-order valence-corrected chi connectivity index (χ3v) is 6.68. The molecule has 0 bridgehead atoms. The fraction of sp³-hybridized carbons (Fsp3) is 0.226. The van der Waals surface area contributed by atoms with E-state index in [-0.39, 0.29) is 5.91 Å². The van der Waals surface area contributed by atoms with Crippen molar-refractivity contribution in [2.24, 2.45) is 0 Å². The summed E-state index contributed by atoms with van der Waals surface area (Å²) in [4.78, 5) is 17.8. The van der Waals surface area contributed by atoms with Gasteiger partial charge in [0.1, 0.15) is 5.82 Å². The van der Waals surface area contributed by atoms with E-state index in [1.807, 2.05) is 18.2 Å². The molecule has 5 aromatic rings. The van der Waals surface area contributed by atoms with Gasteiger partial charge in [-0.15, -0.1) is 0 Å². The highest BCUT2D eigenvalue weighted by Gasteiger charge is 2.17. The van der Waals surface area contributed by atoms with Crippen molar-refractivity contribution >= 4 is 27.7 Å². The fourth-order valence-corrected chi connectivity index (χ4v) is 4.78. The van der Waals surface area contributed by atoms with E-state index in [9.17, 15) is 4.79 Å². The topological polar surface area (TPSA) is 74.6 Å². The van der Waals surface area contributed by atoms with Crippen molar-refractivity contribution < 1.29 is 19.0 Å². The SMILES string of the molecule is COc1cc(C(=O)NCCCc2nc3ccccc3n2Cc2ccc3ccccc3c2)cc(OC)c1OC. The lowest BCUT2D eigenvalue weighted by Crippen LogP contribution is -2.25. The van der Waals surface area contributed by atoms with Gasteiger partial charge in [0.15, 0.2) is 11.5 Å². The molecule has 1 aromatic heterocycles. The Hall–Kier alpha value is -4.52. The molecule has 194 valence electrons. The molecule has 1 N–H and O–H groups in total. The molecule has 0 fully saturated rings. The zero-order chi connectivity index (χ0) is 26.5.